The molecule has 0 saturated carbocycles. The molecule has 2 aliphatic rings. The number of rotatable bonds is 9. The summed E-state index contributed by atoms with van der Waals surface area (Å²) in [5.74, 6) is -2.64. The third-order valence-electron chi connectivity index (χ3n) is 7.97. The molecule has 218 valence electrons. The van der Waals surface area contributed by atoms with Gasteiger partial charge in [-0.25, -0.2) is 8.42 Å². The van der Waals surface area contributed by atoms with Crippen LogP contribution in [0.25, 0.3) is 11.1 Å². The van der Waals surface area contributed by atoms with Crippen LogP contribution in [0.5, 0.6) is 0 Å². The summed E-state index contributed by atoms with van der Waals surface area (Å²) < 4.78 is 46.7. The number of amides is 1. The number of aliphatic hydroxyl groups excluding tert-OH is 2. The molecule has 41 heavy (non-hydrogen) atoms. The third kappa shape index (κ3) is 5.61. The SMILES string of the molecule is O=C1c2c(ccc(-c3ccc(Cl)cc3)c2Cc2ccc(Cl)cn2)[C@](OCCO)(C(CO)C2CCS(=O)(=O)CC2)N1F. The molecule has 2 aliphatic heterocycles. The van der Waals surface area contributed by atoms with Crippen molar-refractivity contribution in [2.24, 2.45) is 11.8 Å². The fourth-order valence-corrected chi connectivity index (χ4v) is 7.78. The Morgan fingerprint density at radius 2 is 1.73 bits per heavy atom. The van der Waals surface area contributed by atoms with Crippen LogP contribution in [-0.2, 0) is 26.7 Å². The van der Waals surface area contributed by atoms with Gasteiger partial charge in [0.1, 0.15) is 9.84 Å². The van der Waals surface area contributed by atoms with E-state index in [2.05, 4.69) is 4.98 Å². The molecule has 0 spiro atoms. The minimum atomic E-state index is -3.25. The first-order chi connectivity index (χ1) is 19.6. The van der Waals surface area contributed by atoms with E-state index >= 15 is 4.48 Å². The van der Waals surface area contributed by atoms with E-state index in [0.29, 0.717) is 26.9 Å². The smallest absolute Gasteiger partial charge is 0.285 e. The molecule has 12 heteroatoms. The number of ether oxygens (including phenoxy) is 1. The number of halogens is 3. The number of sulfone groups is 1. The lowest BCUT2D eigenvalue weighted by Gasteiger charge is -2.43. The molecular formula is C29H29Cl2FN2O6S. The molecule has 1 fully saturated rings. The zero-order valence-electron chi connectivity index (χ0n) is 22.0. The average Bonchev–Trinajstić information content (AvgIpc) is 3.17. The molecule has 3 heterocycles. The highest BCUT2D eigenvalue weighted by molar-refractivity contribution is 7.91. The van der Waals surface area contributed by atoms with Crippen molar-refractivity contribution in [3.63, 3.8) is 0 Å². The zero-order valence-corrected chi connectivity index (χ0v) is 24.3. The summed E-state index contributed by atoms with van der Waals surface area (Å²) >= 11 is 12.2. The second kappa shape index (κ2) is 11.9. The van der Waals surface area contributed by atoms with E-state index in [4.69, 9.17) is 27.9 Å². The first-order valence-electron chi connectivity index (χ1n) is 13.2. The number of benzene rings is 2. The fourth-order valence-electron chi connectivity index (χ4n) is 6.01. The standard InChI is InChI=1S/C29H29Cl2FN2O6S/c30-20-3-1-18(2-4-20)23-7-8-25-27(24(23)15-22-6-5-21(31)16-33-22)28(37)34(32)29(25,40-12-11-35)26(17-36)19-9-13-41(38,39)14-10-19/h1-8,16,19,26,35-36H,9-15,17H2/t26?,29-/m0/s1. The lowest BCUT2D eigenvalue weighted by molar-refractivity contribution is -0.253. The lowest BCUT2D eigenvalue weighted by atomic mass is 9.76. The monoisotopic (exact) mass is 622 g/mol. The normalized spacial score (nSPS) is 21.2. The number of hydrogen-bond donors (Lipinski definition) is 2. The number of carbonyl (C=O) groups excluding carboxylic acids is 1. The second-order valence-electron chi connectivity index (χ2n) is 10.3. The van der Waals surface area contributed by atoms with E-state index < -0.39 is 46.5 Å². The molecule has 0 bridgehead atoms. The predicted molar refractivity (Wildman–Crippen MR) is 153 cm³/mol. The van der Waals surface area contributed by atoms with E-state index in [-0.39, 0.29) is 53.6 Å². The Bertz CT molecular complexity index is 1520. The summed E-state index contributed by atoms with van der Waals surface area (Å²) in [4.78, 5) is 18.2. The van der Waals surface area contributed by atoms with E-state index in [1.54, 1.807) is 48.5 Å². The summed E-state index contributed by atoms with van der Waals surface area (Å²) in [5.41, 5.74) is 0.664. The largest absolute Gasteiger partial charge is 0.396 e. The van der Waals surface area contributed by atoms with Gasteiger partial charge in [-0.1, -0.05) is 51.9 Å². The minimum Gasteiger partial charge on any atom is -0.396 e. The van der Waals surface area contributed by atoms with Crippen LogP contribution in [0.2, 0.25) is 10.0 Å². The average molecular weight is 624 g/mol. The number of aliphatic hydroxyl groups is 2. The number of carbonyl (C=O) groups is 1. The van der Waals surface area contributed by atoms with Crippen molar-refractivity contribution in [1.29, 1.82) is 0 Å². The van der Waals surface area contributed by atoms with Crippen molar-refractivity contribution >= 4 is 38.9 Å². The molecule has 1 unspecified atom stereocenters. The van der Waals surface area contributed by atoms with Crippen molar-refractivity contribution in [3.05, 3.63) is 87.2 Å². The molecule has 1 saturated heterocycles. The summed E-state index contributed by atoms with van der Waals surface area (Å²) in [5, 5.41) is 21.2. The van der Waals surface area contributed by atoms with Crippen LogP contribution >= 0.6 is 23.2 Å². The quantitative estimate of drug-likeness (QED) is 0.335. The van der Waals surface area contributed by atoms with Crippen LogP contribution in [0, 0.1) is 11.8 Å². The van der Waals surface area contributed by atoms with Crippen molar-refractivity contribution < 1.29 is 32.6 Å². The molecule has 2 atom stereocenters. The predicted octanol–water partition coefficient (Wildman–Crippen LogP) is 4.58. The highest BCUT2D eigenvalue weighted by atomic mass is 35.5. The molecule has 2 N–H and O–H groups in total. The number of aromatic nitrogens is 1. The summed E-state index contributed by atoms with van der Waals surface area (Å²) in [7, 11) is -3.25. The van der Waals surface area contributed by atoms with Gasteiger partial charge in [-0.15, -0.1) is 5.12 Å². The second-order valence-corrected chi connectivity index (χ2v) is 13.5. The molecule has 0 radical (unpaired) electrons. The highest BCUT2D eigenvalue weighted by Crippen LogP contribution is 2.52. The van der Waals surface area contributed by atoms with E-state index in [1.165, 1.54) is 6.20 Å². The molecule has 2 aromatic carbocycles. The first kappa shape index (κ1) is 29.9. The summed E-state index contributed by atoms with van der Waals surface area (Å²) in [6.07, 6.45) is 2.00. The van der Waals surface area contributed by atoms with Crippen LogP contribution < -0.4 is 0 Å². The number of nitrogens with zero attached hydrogens (tertiary/aromatic N) is 2. The van der Waals surface area contributed by atoms with Gasteiger partial charge in [-0.3, -0.25) is 9.78 Å². The lowest BCUT2D eigenvalue weighted by Crippen LogP contribution is -2.52. The van der Waals surface area contributed by atoms with Gasteiger partial charge in [0.05, 0.1) is 41.9 Å². The number of hydrogen-bond acceptors (Lipinski definition) is 7. The zero-order chi connectivity index (χ0) is 29.4. The Labute approximate surface area is 247 Å². The van der Waals surface area contributed by atoms with Crippen molar-refractivity contribution in [3.8, 4) is 11.1 Å². The van der Waals surface area contributed by atoms with Gasteiger partial charge >= 0.3 is 0 Å². The van der Waals surface area contributed by atoms with Gasteiger partial charge in [0, 0.05) is 34.8 Å². The Balaban J connectivity index is 1.71. The van der Waals surface area contributed by atoms with Gasteiger partial charge in [0.2, 0.25) is 5.72 Å². The van der Waals surface area contributed by atoms with Crippen molar-refractivity contribution in [2.75, 3.05) is 31.3 Å². The Morgan fingerprint density at radius 1 is 1.05 bits per heavy atom. The maximum atomic E-state index is 16.5. The topological polar surface area (TPSA) is 117 Å². The van der Waals surface area contributed by atoms with E-state index in [0.717, 1.165) is 5.56 Å². The molecule has 1 aromatic heterocycles. The Hall–Kier alpha value is -2.60. The first-order valence-corrected chi connectivity index (χ1v) is 15.8. The van der Waals surface area contributed by atoms with Gasteiger partial charge < -0.3 is 14.9 Å². The summed E-state index contributed by atoms with van der Waals surface area (Å²) in [6, 6.07) is 13.8. The molecule has 0 aliphatic carbocycles. The van der Waals surface area contributed by atoms with Crippen LogP contribution in [0.3, 0.4) is 0 Å². The highest BCUT2D eigenvalue weighted by Gasteiger charge is 2.59. The molecular weight excluding hydrogens is 594 g/mol. The van der Waals surface area contributed by atoms with Gasteiger partial charge in [-0.2, -0.15) is 0 Å². The van der Waals surface area contributed by atoms with Crippen LogP contribution in [-0.4, -0.2) is 66.0 Å². The van der Waals surface area contributed by atoms with E-state index in [1.807, 2.05) is 0 Å². The van der Waals surface area contributed by atoms with Gasteiger partial charge in [0.15, 0.2) is 0 Å². The van der Waals surface area contributed by atoms with Gasteiger partial charge in [0.25, 0.3) is 5.91 Å². The number of fused-ring (bicyclic) bond motifs is 1. The molecule has 1 amide bonds. The van der Waals surface area contributed by atoms with Crippen LogP contribution in [0.1, 0.15) is 40.0 Å². The molecule has 3 aromatic rings. The Kier molecular flexibility index (Phi) is 8.71. The Morgan fingerprint density at radius 3 is 2.34 bits per heavy atom. The van der Waals surface area contributed by atoms with Crippen molar-refractivity contribution in [1.82, 2.24) is 10.1 Å². The maximum absolute atomic E-state index is 16.5. The van der Waals surface area contributed by atoms with Crippen LogP contribution in [0.4, 0.5) is 4.48 Å². The fraction of sp³-hybridized carbons (Fsp3) is 0.379. The molecule has 5 rings (SSSR count). The summed E-state index contributed by atoms with van der Waals surface area (Å²) in [6.45, 7) is -1.35. The molecule has 8 nitrogen and oxygen atoms in total. The van der Waals surface area contributed by atoms with Gasteiger partial charge in [-0.05, 0) is 59.7 Å². The minimum absolute atomic E-state index is 0.00174. The number of pyridine rings is 1. The maximum Gasteiger partial charge on any atom is 0.285 e. The third-order valence-corrected chi connectivity index (χ3v) is 10.2. The van der Waals surface area contributed by atoms with Crippen LogP contribution in [0.15, 0.2) is 54.7 Å². The van der Waals surface area contributed by atoms with Crippen molar-refractivity contribution in [2.45, 2.75) is 25.0 Å². The van der Waals surface area contributed by atoms with E-state index in [9.17, 15) is 23.4 Å².